The van der Waals surface area contributed by atoms with Gasteiger partial charge in [-0.1, -0.05) is 52.2 Å². The fourth-order valence-corrected chi connectivity index (χ4v) is 11.2. The lowest BCUT2D eigenvalue weighted by atomic mass is 9.46. The fourth-order valence-electron chi connectivity index (χ4n) is 9.24. The normalized spacial score (nSPS) is 46.9. The van der Waals surface area contributed by atoms with Crippen molar-refractivity contribution in [3.8, 4) is 0 Å². The van der Waals surface area contributed by atoms with E-state index in [2.05, 4.69) is 37.4 Å². The van der Waals surface area contributed by atoms with Gasteiger partial charge in [-0.2, -0.15) is 16.8 Å². The summed E-state index contributed by atoms with van der Waals surface area (Å²) in [4.78, 5) is 0. The van der Waals surface area contributed by atoms with Crippen LogP contribution in [0, 0.1) is 46.3 Å². The predicted octanol–water partition coefficient (Wildman–Crippen LogP) is 4.90. The van der Waals surface area contributed by atoms with Crippen LogP contribution in [0.1, 0.15) is 91.9 Å². The van der Waals surface area contributed by atoms with Crippen molar-refractivity contribution in [2.24, 2.45) is 46.3 Å². The number of aliphatic hydroxyl groups is 1. The molecule has 1 N–H and O–H groups in total. The second-order valence-electron chi connectivity index (χ2n) is 13.4. The minimum atomic E-state index is -4.94. The molecule has 0 aromatic rings. The first-order chi connectivity index (χ1) is 17.2. The Balaban J connectivity index is 1.53. The summed E-state index contributed by atoms with van der Waals surface area (Å²) in [5.41, 5.74) is 0.992. The Hall–Kier alpha value is -0.520. The van der Waals surface area contributed by atoms with Crippen molar-refractivity contribution < 1.29 is 33.9 Å². The van der Waals surface area contributed by atoms with Crippen LogP contribution in [0.2, 0.25) is 0 Å². The number of rotatable bonds is 4. The van der Waals surface area contributed by atoms with Crippen molar-refractivity contribution in [3.05, 3.63) is 11.6 Å². The van der Waals surface area contributed by atoms with Gasteiger partial charge in [0.05, 0.1) is 12.7 Å². The average Bonchev–Trinajstić information content (AvgIpc) is 3.12. The van der Waals surface area contributed by atoms with Crippen LogP contribution in [0.15, 0.2) is 11.6 Å². The molecule has 7 rings (SSSR count). The number of fused-ring (bicyclic) bond motifs is 2. The number of hydrogen-bond donors (Lipinski definition) is 1. The largest absolute Gasteiger partial charge is 0.416 e. The summed E-state index contributed by atoms with van der Waals surface area (Å²) in [5, 5.41) is 11.0. The second kappa shape index (κ2) is 9.84. The van der Waals surface area contributed by atoms with Gasteiger partial charge in [0, 0.05) is 0 Å². The maximum absolute atomic E-state index is 12.6. The summed E-state index contributed by atoms with van der Waals surface area (Å²) in [7, 11) is -9.79. The van der Waals surface area contributed by atoms with E-state index < -0.39 is 33.0 Å². The van der Waals surface area contributed by atoms with Crippen LogP contribution >= 0.6 is 0 Å². The lowest BCUT2D eigenvalue weighted by Crippen LogP contribution is -2.54. The molecule has 8 bridgehead atoms. The highest BCUT2D eigenvalue weighted by Crippen LogP contribution is 2.67. The molecule has 0 aromatic heterocycles. The SMILES string of the molecule is CC(C)CCC[C@H]1COS(=O)(=O)OS(=O)(=O)O[C@@H]2CC3=CC[C@H]4[C@@H]5CC[C@H]1[C@@]5(C)CC[C@@H]4[C@@]3(C)C[C@H]2O. The van der Waals surface area contributed by atoms with Gasteiger partial charge in [-0.25, -0.2) is 8.37 Å². The third-order valence-corrected chi connectivity index (χ3v) is 13.2. The highest BCUT2D eigenvalue weighted by atomic mass is 32.3. The molecular weight excluding hydrogens is 516 g/mol. The van der Waals surface area contributed by atoms with Crippen molar-refractivity contribution in [1.82, 2.24) is 0 Å². The monoisotopic (exact) mass is 560 g/mol. The van der Waals surface area contributed by atoms with Gasteiger partial charge in [-0.15, -0.1) is 3.63 Å². The number of hydrogen-bond acceptors (Lipinski definition) is 8. The first-order valence-electron chi connectivity index (χ1n) is 14.2. The van der Waals surface area contributed by atoms with Crippen LogP contribution in [0.4, 0.5) is 0 Å². The van der Waals surface area contributed by atoms with E-state index in [1.807, 2.05) is 0 Å². The molecule has 2 saturated heterocycles. The zero-order chi connectivity index (χ0) is 26.8. The standard InChI is InChI=1S/C27H44O8S2/c1-17(2)6-5-7-18-16-33-36(29,30)35-37(31,32)34-25-14-19-8-9-20-22-11-10-21(18)26(22,3)13-12-23(20)27(19,4)15-24(25)28/h8,17-18,20-25,28H,5-7,9-16H2,1-4H3/t18-,20-,21+,22-,23-,24+,25+,26+,27-/m0/s1. The van der Waals surface area contributed by atoms with Crippen molar-refractivity contribution in [2.75, 3.05) is 6.61 Å². The Morgan fingerprint density at radius 2 is 1.78 bits per heavy atom. The Morgan fingerprint density at radius 1 is 1.05 bits per heavy atom. The highest BCUT2D eigenvalue weighted by molar-refractivity contribution is 7.95. The van der Waals surface area contributed by atoms with Gasteiger partial charge in [0.1, 0.15) is 6.10 Å². The quantitative estimate of drug-likeness (QED) is 0.483. The van der Waals surface area contributed by atoms with Crippen molar-refractivity contribution >= 4 is 20.8 Å². The summed E-state index contributed by atoms with van der Waals surface area (Å²) in [5.74, 6) is 2.37. The lowest BCUT2D eigenvalue weighted by Gasteiger charge is -2.59. The highest BCUT2D eigenvalue weighted by Gasteiger charge is 2.60. The molecule has 9 atom stereocenters. The average molecular weight is 561 g/mol. The predicted molar refractivity (Wildman–Crippen MR) is 139 cm³/mol. The maximum Gasteiger partial charge on any atom is 0.416 e. The molecule has 4 aliphatic carbocycles. The second-order valence-corrected chi connectivity index (χ2v) is 16.0. The van der Waals surface area contributed by atoms with E-state index in [1.165, 1.54) is 0 Å². The molecule has 7 aliphatic rings. The maximum atomic E-state index is 12.6. The molecule has 0 aromatic carbocycles. The zero-order valence-electron chi connectivity index (χ0n) is 22.6. The molecular formula is C27H44O8S2. The van der Waals surface area contributed by atoms with Crippen LogP contribution in [0.25, 0.3) is 0 Å². The van der Waals surface area contributed by atoms with E-state index in [0.29, 0.717) is 36.0 Å². The molecule has 5 fully saturated rings. The molecule has 37 heavy (non-hydrogen) atoms. The Bertz CT molecular complexity index is 1120. The van der Waals surface area contributed by atoms with Crippen LogP contribution in [0.3, 0.4) is 0 Å². The van der Waals surface area contributed by atoms with E-state index in [1.54, 1.807) is 0 Å². The van der Waals surface area contributed by atoms with Crippen LogP contribution in [-0.2, 0) is 32.8 Å². The molecule has 0 spiro atoms. The zero-order valence-corrected chi connectivity index (χ0v) is 24.2. The molecule has 3 aliphatic heterocycles. The smallest absolute Gasteiger partial charge is 0.390 e. The molecule has 212 valence electrons. The summed E-state index contributed by atoms with van der Waals surface area (Å²) in [6, 6.07) is 0. The van der Waals surface area contributed by atoms with Crippen molar-refractivity contribution in [2.45, 2.75) is 104 Å². The van der Waals surface area contributed by atoms with E-state index in [9.17, 15) is 21.9 Å². The van der Waals surface area contributed by atoms with Crippen molar-refractivity contribution in [1.29, 1.82) is 0 Å². The molecule has 0 amide bonds. The van der Waals surface area contributed by atoms with Crippen LogP contribution in [-0.4, -0.2) is 40.8 Å². The molecule has 0 radical (unpaired) electrons. The van der Waals surface area contributed by atoms with E-state index in [4.69, 9.17) is 8.37 Å². The van der Waals surface area contributed by atoms with E-state index in [0.717, 1.165) is 56.9 Å². The lowest BCUT2D eigenvalue weighted by molar-refractivity contribution is -0.0872. The van der Waals surface area contributed by atoms with Gasteiger partial charge < -0.3 is 5.11 Å². The number of allylic oxidation sites excluding steroid dienone is 1. The minimum absolute atomic E-state index is 0.00348. The Labute approximate surface area is 223 Å². The number of aliphatic hydroxyl groups excluding tert-OH is 1. The Morgan fingerprint density at radius 3 is 2.51 bits per heavy atom. The minimum Gasteiger partial charge on any atom is -0.390 e. The van der Waals surface area contributed by atoms with Gasteiger partial charge in [-0.3, -0.25) is 0 Å². The van der Waals surface area contributed by atoms with Crippen LogP contribution in [0.5, 0.6) is 0 Å². The molecule has 3 saturated carbocycles. The molecule has 10 heteroatoms. The summed E-state index contributed by atoms with van der Waals surface area (Å²) >= 11 is 0. The van der Waals surface area contributed by atoms with Gasteiger partial charge in [0.25, 0.3) is 0 Å². The van der Waals surface area contributed by atoms with E-state index >= 15 is 0 Å². The Kier molecular flexibility index (Phi) is 7.45. The van der Waals surface area contributed by atoms with Gasteiger partial charge in [0.15, 0.2) is 0 Å². The van der Waals surface area contributed by atoms with Gasteiger partial charge in [0.2, 0.25) is 0 Å². The third kappa shape index (κ3) is 5.20. The third-order valence-electron chi connectivity index (χ3n) is 10.9. The fraction of sp³-hybridized carbons (Fsp3) is 0.926. The molecule has 3 heterocycles. The molecule has 0 unspecified atom stereocenters. The summed E-state index contributed by atoms with van der Waals surface area (Å²) < 4.78 is 65.3. The summed E-state index contributed by atoms with van der Waals surface area (Å²) in [6.45, 7) is 8.91. The van der Waals surface area contributed by atoms with Gasteiger partial charge in [-0.05, 0) is 97.7 Å². The van der Waals surface area contributed by atoms with Crippen LogP contribution < -0.4 is 0 Å². The van der Waals surface area contributed by atoms with Crippen molar-refractivity contribution in [3.63, 3.8) is 0 Å². The van der Waals surface area contributed by atoms with Gasteiger partial charge >= 0.3 is 20.8 Å². The first-order valence-corrected chi connectivity index (χ1v) is 16.8. The first kappa shape index (κ1) is 28.0. The molecule has 8 nitrogen and oxygen atoms in total. The van der Waals surface area contributed by atoms with E-state index in [-0.39, 0.29) is 29.8 Å². The summed E-state index contributed by atoms with van der Waals surface area (Å²) in [6.07, 6.45) is 8.92. The topological polar surface area (TPSA) is 116 Å².